The van der Waals surface area contributed by atoms with Gasteiger partial charge in [0.25, 0.3) is 0 Å². The van der Waals surface area contributed by atoms with Crippen molar-refractivity contribution in [3.8, 4) is 0 Å². The van der Waals surface area contributed by atoms with Crippen molar-refractivity contribution in [1.82, 2.24) is 9.55 Å². The van der Waals surface area contributed by atoms with Crippen LogP contribution in [0.25, 0.3) is 0 Å². The molecule has 1 aromatic heterocycles. The second-order valence-corrected chi connectivity index (χ2v) is 8.49. The van der Waals surface area contributed by atoms with Crippen LogP contribution in [0.15, 0.2) is 41.0 Å². The Kier molecular flexibility index (Phi) is 9.60. The minimum absolute atomic E-state index is 0.205. The maximum Gasteiger partial charge on any atom is 0.135 e. The van der Waals surface area contributed by atoms with Crippen molar-refractivity contribution in [3.63, 3.8) is 0 Å². The Labute approximate surface area is 186 Å². The molecule has 0 spiro atoms. The first-order valence-corrected chi connectivity index (χ1v) is 11.8. The quantitative estimate of drug-likeness (QED) is 0.374. The summed E-state index contributed by atoms with van der Waals surface area (Å²) in [7, 11) is 1.92. The SMILES string of the molecule is CCCCC(CC)CC1=CC(=N)/C(=C\CC(C=O)c2ncn(C)c2CC)C(F)=C1CC. The van der Waals surface area contributed by atoms with Gasteiger partial charge < -0.3 is 14.8 Å². The van der Waals surface area contributed by atoms with Crippen LogP contribution in [0.1, 0.15) is 89.9 Å². The molecule has 0 aromatic carbocycles. The number of halogens is 1. The van der Waals surface area contributed by atoms with Crippen molar-refractivity contribution in [2.24, 2.45) is 13.0 Å². The van der Waals surface area contributed by atoms with Gasteiger partial charge in [0.15, 0.2) is 0 Å². The molecular weight excluding hydrogens is 389 g/mol. The number of carbonyl (C=O) groups excluding carboxylic acids is 1. The number of rotatable bonds is 12. The van der Waals surface area contributed by atoms with Crippen LogP contribution in [0.5, 0.6) is 0 Å². The lowest BCUT2D eigenvalue weighted by Gasteiger charge is -2.23. The number of hydrogen-bond acceptors (Lipinski definition) is 3. The molecular formula is C26H38FN3O. The Hall–Kier alpha value is -2.30. The lowest BCUT2D eigenvalue weighted by atomic mass is 9.82. The standard InChI is InChI=1S/C26H38FN3O/c1-6-10-11-18(7-2)14-20-15-23(28)22(25(27)21(20)8-3)13-12-19(16-31)26-24(9-4)30(5)17-29-26/h13,15-19,28H,6-12,14H2,1-5H3/b22-13+,28-23?. The van der Waals surface area contributed by atoms with E-state index in [0.29, 0.717) is 29.9 Å². The lowest BCUT2D eigenvalue weighted by Crippen LogP contribution is -2.13. The fourth-order valence-corrected chi connectivity index (χ4v) is 4.47. The summed E-state index contributed by atoms with van der Waals surface area (Å²) >= 11 is 0. The lowest BCUT2D eigenvalue weighted by molar-refractivity contribution is -0.109. The summed E-state index contributed by atoms with van der Waals surface area (Å²) in [6, 6.07) is 0. The maximum absolute atomic E-state index is 15.4. The van der Waals surface area contributed by atoms with Gasteiger partial charge in [-0.3, -0.25) is 0 Å². The third kappa shape index (κ3) is 5.90. The topological polar surface area (TPSA) is 58.7 Å². The van der Waals surface area contributed by atoms with Crippen molar-refractivity contribution in [2.75, 3.05) is 0 Å². The number of hydrogen-bond donors (Lipinski definition) is 1. The number of nitrogens with one attached hydrogen (secondary N) is 1. The average Bonchev–Trinajstić information content (AvgIpc) is 3.13. The summed E-state index contributed by atoms with van der Waals surface area (Å²) < 4.78 is 17.4. The Bertz CT molecular complexity index is 875. The highest BCUT2D eigenvalue weighted by Gasteiger charge is 2.25. The van der Waals surface area contributed by atoms with Crippen molar-refractivity contribution in [1.29, 1.82) is 5.41 Å². The van der Waals surface area contributed by atoms with E-state index in [0.717, 1.165) is 55.4 Å². The van der Waals surface area contributed by atoms with E-state index >= 15 is 4.39 Å². The molecule has 1 aliphatic carbocycles. The molecule has 1 N–H and O–H groups in total. The van der Waals surface area contributed by atoms with Gasteiger partial charge in [-0.1, -0.05) is 59.5 Å². The van der Waals surface area contributed by atoms with E-state index in [2.05, 4.69) is 18.8 Å². The van der Waals surface area contributed by atoms with Gasteiger partial charge in [0.1, 0.15) is 12.1 Å². The van der Waals surface area contributed by atoms with Gasteiger partial charge in [-0.2, -0.15) is 0 Å². The highest BCUT2D eigenvalue weighted by molar-refractivity contribution is 6.11. The molecule has 1 heterocycles. The van der Waals surface area contributed by atoms with Gasteiger partial charge in [-0.05, 0) is 48.8 Å². The number of imidazole rings is 1. The van der Waals surface area contributed by atoms with Gasteiger partial charge in [-0.15, -0.1) is 0 Å². The summed E-state index contributed by atoms with van der Waals surface area (Å²) in [6.45, 7) is 8.38. The fraction of sp³-hybridized carbons (Fsp3) is 0.577. The first-order chi connectivity index (χ1) is 14.9. The zero-order chi connectivity index (χ0) is 23.0. The summed E-state index contributed by atoms with van der Waals surface area (Å²) in [5.74, 6) is -0.204. The fourth-order valence-electron chi connectivity index (χ4n) is 4.47. The third-order valence-corrected chi connectivity index (χ3v) is 6.42. The van der Waals surface area contributed by atoms with Crippen molar-refractivity contribution >= 4 is 12.0 Å². The average molecular weight is 428 g/mol. The maximum atomic E-state index is 15.4. The van der Waals surface area contributed by atoms with Crippen LogP contribution in [0.2, 0.25) is 0 Å². The number of carbonyl (C=O) groups is 1. The normalized spacial score (nSPS) is 17.8. The van der Waals surface area contributed by atoms with Crippen LogP contribution in [-0.4, -0.2) is 21.5 Å². The highest BCUT2D eigenvalue weighted by Crippen LogP contribution is 2.36. The zero-order valence-corrected chi connectivity index (χ0v) is 19.8. The molecule has 0 bridgehead atoms. The van der Waals surface area contributed by atoms with Crippen LogP contribution >= 0.6 is 0 Å². The molecule has 0 amide bonds. The van der Waals surface area contributed by atoms with Crippen LogP contribution < -0.4 is 0 Å². The van der Waals surface area contributed by atoms with E-state index < -0.39 is 5.92 Å². The molecule has 0 aliphatic heterocycles. The zero-order valence-electron chi connectivity index (χ0n) is 19.8. The van der Waals surface area contributed by atoms with Gasteiger partial charge in [0.2, 0.25) is 0 Å². The van der Waals surface area contributed by atoms with Crippen LogP contribution in [0.4, 0.5) is 4.39 Å². The molecule has 5 heteroatoms. The number of aromatic nitrogens is 2. The number of unbranched alkanes of at least 4 members (excludes halogenated alkanes) is 1. The number of nitrogens with zero attached hydrogens (tertiary/aromatic N) is 2. The summed E-state index contributed by atoms with van der Waals surface area (Å²) in [6.07, 6.45) is 13.3. The minimum atomic E-state index is -0.432. The first kappa shape index (κ1) is 25.0. The smallest absolute Gasteiger partial charge is 0.135 e. The molecule has 2 unspecified atom stereocenters. The Morgan fingerprint density at radius 1 is 1.23 bits per heavy atom. The van der Waals surface area contributed by atoms with E-state index in [-0.39, 0.29) is 11.5 Å². The molecule has 2 rings (SSSR count). The molecule has 0 fully saturated rings. The predicted octanol–water partition coefficient (Wildman–Crippen LogP) is 6.78. The molecule has 0 saturated heterocycles. The number of aryl methyl sites for hydroxylation is 1. The summed E-state index contributed by atoms with van der Waals surface area (Å²) in [4.78, 5) is 16.2. The molecule has 0 radical (unpaired) electrons. The van der Waals surface area contributed by atoms with Crippen molar-refractivity contribution in [3.05, 3.63) is 52.4 Å². The van der Waals surface area contributed by atoms with Crippen LogP contribution in [0.3, 0.4) is 0 Å². The predicted molar refractivity (Wildman–Crippen MR) is 126 cm³/mol. The molecule has 31 heavy (non-hydrogen) atoms. The molecule has 4 nitrogen and oxygen atoms in total. The first-order valence-electron chi connectivity index (χ1n) is 11.8. The monoisotopic (exact) mass is 427 g/mol. The van der Waals surface area contributed by atoms with Crippen LogP contribution in [-0.2, 0) is 18.3 Å². The van der Waals surface area contributed by atoms with E-state index in [1.807, 2.05) is 31.5 Å². The van der Waals surface area contributed by atoms with Gasteiger partial charge in [0, 0.05) is 18.3 Å². The molecule has 0 saturated carbocycles. The molecule has 1 aromatic rings. The van der Waals surface area contributed by atoms with Gasteiger partial charge >= 0.3 is 0 Å². The van der Waals surface area contributed by atoms with E-state index in [1.165, 1.54) is 6.42 Å². The number of allylic oxidation sites excluding steroid dienone is 6. The third-order valence-electron chi connectivity index (χ3n) is 6.42. The van der Waals surface area contributed by atoms with E-state index in [4.69, 9.17) is 5.41 Å². The Morgan fingerprint density at radius 3 is 2.55 bits per heavy atom. The Morgan fingerprint density at radius 2 is 1.97 bits per heavy atom. The van der Waals surface area contributed by atoms with E-state index in [9.17, 15) is 4.79 Å². The Balaban J connectivity index is 2.27. The second-order valence-electron chi connectivity index (χ2n) is 8.49. The summed E-state index contributed by atoms with van der Waals surface area (Å²) in [5, 5.41) is 8.47. The van der Waals surface area contributed by atoms with Gasteiger partial charge in [0.05, 0.1) is 23.7 Å². The van der Waals surface area contributed by atoms with Gasteiger partial charge in [-0.25, -0.2) is 9.37 Å². The largest absolute Gasteiger partial charge is 0.337 e. The highest BCUT2D eigenvalue weighted by atomic mass is 19.1. The second kappa shape index (κ2) is 11.9. The summed E-state index contributed by atoms with van der Waals surface area (Å²) in [5.41, 5.74) is 3.96. The molecule has 170 valence electrons. The van der Waals surface area contributed by atoms with Crippen molar-refractivity contribution < 1.29 is 9.18 Å². The number of aldehydes is 1. The van der Waals surface area contributed by atoms with Crippen molar-refractivity contribution in [2.45, 2.75) is 85.0 Å². The minimum Gasteiger partial charge on any atom is -0.337 e. The van der Waals surface area contributed by atoms with E-state index in [1.54, 1.807) is 12.4 Å². The molecule has 2 atom stereocenters. The molecule has 1 aliphatic rings. The van der Waals surface area contributed by atoms with Crippen LogP contribution in [0, 0.1) is 11.3 Å².